The van der Waals surface area contributed by atoms with Crippen molar-refractivity contribution < 1.29 is 18.7 Å². The van der Waals surface area contributed by atoms with Gasteiger partial charge in [-0.25, -0.2) is 14.0 Å². The zero-order chi connectivity index (χ0) is 20.8. The van der Waals surface area contributed by atoms with Crippen LogP contribution in [0.15, 0.2) is 65.9 Å². The molecule has 2 amide bonds. The van der Waals surface area contributed by atoms with E-state index in [-0.39, 0.29) is 6.61 Å². The van der Waals surface area contributed by atoms with E-state index >= 15 is 0 Å². The fourth-order valence-electron chi connectivity index (χ4n) is 3.32. The summed E-state index contributed by atoms with van der Waals surface area (Å²) < 4.78 is 18.6. The summed E-state index contributed by atoms with van der Waals surface area (Å²) in [4.78, 5) is 27.0. The SMILES string of the molecule is CCOC(=O)C1=C(CN(C)Cc2ccccc2)NC(=O)N[C@@H]1c1ccc(F)cc1. The van der Waals surface area contributed by atoms with Crippen LogP contribution in [0.5, 0.6) is 0 Å². The number of hydrogen-bond donors (Lipinski definition) is 2. The van der Waals surface area contributed by atoms with E-state index in [2.05, 4.69) is 10.6 Å². The fourth-order valence-corrected chi connectivity index (χ4v) is 3.32. The Balaban J connectivity index is 1.93. The van der Waals surface area contributed by atoms with Crippen LogP contribution in [-0.4, -0.2) is 37.1 Å². The van der Waals surface area contributed by atoms with Crippen molar-refractivity contribution >= 4 is 12.0 Å². The number of carbonyl (C=O) groups is 2. The number of urea groups is 1. The Morgan fingerprint density at radius 1 is 1.10 bits per heavy atom. The van der Waals surface area contributed by atoms with Gasteiger partial charge in [-0.1, -0.05) is 42.5 Å². The van der Waals surface area contributed by atoms with Crippen molar-refractivity contribution in [2.24, 2.45) is 0 Å². The maximum Gasteiger partial charge on any atom is 0.338 e. The van der Waals surface area contributed by atoms with Crippen molar-refractivity contribution in [3.8, 4) is 0 Å². The minimum atomic E-state index is -0.719. The number of nitrogens with zero attached hydrogens (tertiary/aromatic N) is 1. The molecule has 0 unspecified atom stereocenters. The number of carbonyl (C=O) groups excluding carboxylic acids is 2. The summed E-state index contributed by atoms with van der Waals surface area (Å²) in [6.07, 6.45) is 0. The second-order valence-corrected chi connectivity index (χ2v) is 6.85. The van der Waals surface area contributed by atoms with Crippen LogP contribution >= 0.6 is 0 Å². The van der Waals surface area contributed by atoms with Crippen molar-refractivity contribution in [1.29, 1.82) is 0 Å². The van der Waals surface area contributed by atoms with E-state index in [1.54, 1.807) is 19.1 Å². The van der Waals surface area contributed by atoms with Gasteiger partial charge in [0.05, 0.1) is 18.2 Å². The Morgan fingerprint density at radius 2 is 1.79 bits per heavy atom. The first-order chi connectivity index (χ1) is 14.0. The smallest absolute Gasteiger partial charge is 0.338 e. The second-order valence-electron chi connectivity index (χ2n) is 6.85. The van der Waals surface area contributed by atoms with Gasteiger partial charge in [0, 0.05) is 18.8 Å². The summed E-state index contributed by atoms with van der Waals surface area (Å²) in [5, 5.41) is 5.49. The minimum Gasteiger partial charge on any atom is -0.463 e. The molecule has 0 aliphatic carbocycles. The minimum absolute atomic E-state index is 0.208. The molecule has 0 radical (unpaired) electrons. The second kappa shape index (κ2) is 9.34. The van der Waals surface area contributed by atoms with Crippen LogP contribution < -0.4 is 10.6 Å². The largest absolute Gasteiger partial charge is 0.463 e. The Kier molecular flexibility index (Phi) is 6.61. The third kappa shape index (κ3) is 5.20. The Morgan fingerprint density at radius 3 is 2.45 bits per heavy atom. The number of ether oxygens (including phenoxy) is 1. The summed E-state index contributed by atoms with van der Waals surface area (Å²) in [7, 11) is 1.91. The molecule has 0 spiro atoms. The van der Waals surface area contributed by atoms with E-state index in [1.807, 2.05) is 42.3 Å². The van der Waals surface area contributed by atoms with Gasteiger partial charge >= 0.3 is 12.0 Å². The highest BCUT2D eigenvalue weighted by atomic mass is 19.1. The molecule has 29 heavy (non-hydrogen) atoms. The number of esters is 1. The number of rotatable bonds is 7. The van der Waals surface area contributed by atoms with Crippen molar-refractivity contribution in [1.82, 2.24) is 15.5 Å². The molecule has 152 valence electrons. The molecule has 1 atom stereocenters. The molecule has 2 N–H and O–H groups in total. The van der Waals surface area contributed by atoms with Crippen molar-refractivity contribution in [2.45, 2.75) is 19.5 Å². The van der Waals surface area contributed by atoms with E-state index in [4.69, 9.17) is 4.74 Å². The third-order valence-corrected chi connectivity index (χ3v) is 4.58. The molecule has 0 saturated carbocycles. The summed E-state index contributed by atoms with van der Waals surface area (Å²) in [6, 6.07) is 14.5. The topological polar surface area (TPSA) is 70.7 Å². The fraction of sp³-hybridized carbons (Fsp3) is 0.273. The zero-order valence-electron chi connectivity index (χ0n) is 16.4. The molecular weight excluding hydrogens is 373 g/mol. The Hall–Kier alpha value is -3.19. The number of amides is 2. The van der Waals surface area contributed by atoms with Gasteiger partial charge in [-0.2, -0.15) is 0 Å². The first-order valence-electron chi connectivity index (χ1n) is 9.43. The number of likely N-dealkylation sites (N-methyl/N-ethyl adjacent to an activating group) is 1. The molecule has 0 aromatic heterocycles. The van der Waals surface area contributed by atoms with Gasteiger partial charge in [0.2, 0.25) is 0 Å². The first-order valence-corrected chi connectivity index (χ1v) is 9.43. The lowest BCUT2D eigenvalue weighted by molar-refractivity contribution is -0.139. The van der Waals surface area contributed by atoms with Crippen LogP contribution in [0.3, 0.4) is 0 Å². The van der Waals surface area contributed by atoms with Gasteiger partial charge in [0.25, 0.3) is 0 Å². The van der Waals surface area contributed by atoms with Crippen LogP contribution in [0.1, 0.15) is 24.1 Å². The predicted molar refractivity (Wildman–Crippen MR) is 107 cm³/mol. The molecule has 1 heterocycles. The molecular formula is C22H24FN3O3. The zero-order valence-corrected chi connectivity index (χ0v) is 16.4. The van der Waals surface area contributed by atoms with Crippen LogP contribution in [0.2, 0.25) is 0 Å². The highest BCUT2D eigenvalue weighted by molar-refractivity contribution is 5.95. The van der Waals surface area contributed by atoms with Crippen molar-refractivity contribution in [2.75, 3.05) is 20.2 Å². The third-order valence-electron chi connectivity index (χ3n) is 4.58. The van der Waals surface area contributed by atoms with Gasteiger partial charge < -0.3 is 15.4 Å². The number of halogens is 1. The molecule has 3 rings (SSSR count). The van der Waals surface area contributed by atoms with Gasteiger partial charge in [-0.05, 0) is 37.2 Å². The lowest BCUT2D eigenvalue weighted by Gasteiger charge is -2.31. The molecule has 0 bridgehead atoms. The maximum absolute atomic E-state index is 13.4. The normalized spacial score (nSPS) is 16.4. The van der Waals surface area contributed by atoms with E-state index in [1.165, 1.54) is 12.1 Å². The molecule has 1 aliphatic heterocycles. The summed E-state index contributed by atoms with van der Waals surface area (Å²) in [5.41, 5.74) is 2.51. The summed E-state index contributed by atoms with van der Waals surface area (Å²) in [5.74, 6) is -0.907. The van der Waals surface area contributed by atoms with Gasteiger partial charge in [-0.15, -0.1) is 0 Å². The van der Waals surface area contributed by atoms with Crippen LogP contribution in [0.25, 0.3) is 0 Å². The average molecular weight is 397 g/mol. The predicted octanol–water partition coefficient (Wildman–Crippen LogP) is 3.13. The van der Waals surface area contributed by atoms with E-state index in [0.29, 0.717) is 29.9 Å². The van der Waals surface area contributed by atoms with Gasteiger partial charge in [0.1, 0.15) is 5.82 Å². The Labute approximate surface area is 169 Å². The lowest BCUT2D eigenvalue weighted by Crippen LogP contribution is -2.48. The Bertz CT molecular complexity index is 897. The summed E-state index contributed by atoms with van der Waals surface area (Å²) >= 11 is 0. The number of benzene rings is 2. The first kappa shape index (κ1) is 20.5. The standard InChI is InChI=1S/C22H24FN3O3/c1-3-29-21(27)19-18(14-26(2)13-15-7-5-4-6-8-15)24-22(28)25-20(19)16-9-11-17(23)12-10-16/h4-12,20H,3,13-14H2,1-2H3,(H2,24,25,28)/t20-/m1/s1. The molecule has 0 fully saturated rings. The molecule has 2 aromatic carbocycles. The van der Waals surface area contributed by atoms with E-state index in [9.17, 15) is 14.0 Å². The van der Waals surface area contributed by atoms with Crippen LogP contribution in [-0.2, 0) is 16.1 Å². The molecule has 2 aromatic rings. The molecule has 0 saturated heterocycles. The molecule has 1 aliphatic rings. The maximum atomic E-state index is 13.4. The highest BCUT2D eigenvalue weighted by Crippen LogP contribution is 2.28. The lowest BCUT2D eigenvalue weighted by atomic mass is 9.95. The van der Waals surface area contributed by atoms with Crippen molar-refractivity contribution in [3.05, 3.63) is 82.8 Å². The van der Waals surface area contributed by atoms with Crippen LogP contribution in [0, 0.1) is 5.82 Å². The van der Waals surface area contributed by atoms with Gasteiger partial charge in [-0.3, -0.25) is 4.90 Å². The highest BCUT2D eigenvalue weighted by Gasteiger charge is 2.34. The molecule has 7 heteroatoms. The quantitative estimate of drug-likeness (QED) is 0.705. The van der Waals surface area contributed by atoms with Gasteiger partial charge in [0.15, 0.2) is 0 Å². The van der Waals surface area contributed by atoms with Crippen molar-refractivity contribution in [3.63, 3.8) is 0 Å². The summed E-state index contributed by atoms with van der Waals surface area (Å²) in [6.45, 7) is 2.92. The van der Waals surface area contributed by atoms with E-state index in [0.717, 1.165) is 5.56 Å². The monoisotopic (exact) mass is 397 g/mol. The van der Waals surface area contributed by atoms with Crippen LogP contribution in [0.4, 0.5) is 9.18 Å². The van der Waals surface area contributed by atoms with E-state index < -0.39 is 23.9 Å². The number of hydrogen-bond acceptors (Lipinski definition) is 4. The molecule has 6 nitrogen and oxygen atoms in total. The number of nitrogens with one attached hydrogen (secondary N) is 2. The average Bonchev–Trinajstić information content (AvgIpc) is 2.69.